The molecule has 0 bridgehead atoms. The van der Waals surface area contributed by atoms with Crippen LogP contribution in [-0.2, 0) is 0 Å². The Morgan fingerprint density at radius 2 is 2.12 bits per heavy atom. The van der Waals surface area contributed by atoms with Crippen LogP contribution in [-0.4, -0.2) is 17.3 Å². The molecular formula is C12H14Cl2FNO. The van der Waals surface area contributed by atoms with E-state index in [1.807, 2.05) is 13.8 Å². The average molecular weight is 278 g/mol. The maximum atomic E-state index is 13.4. The minimum absolute atomic E-state index is 0.0107. The van der Waals surface area contributed by atoms with E-state index in [1.165, 1.54) is 12.1 Å². The molecule has 0 aliphatic carbocycles. The zero-order valence-electron chi connectivity index (χ0n) is 9.64. The number of amides is 1. The fourth-order valence-electron chi connectivity index (χ4n) is 1.52. The number of halogens is 3. The molecule has 0 spiro atoms. The Bertz CT molecular complexity index is 409. The van der Waals surface area contributed by atoms with Crippen LogP contribution in [0.25, 0.3) is 0 Å². The Kier molecular flexibility index (Phi) is 5.22. The van der Waals surface area contributed by atoms with Gasteiger partial charge in [-0.2, -0.15) is 0 Å². The third-order valence-corrected chi connectivity index (χ3v) is 2.64. The molecule has 5 heteroatoms. The number of alkyl halides is 1. The number of hydrogen-bond acceptors (Lipinski definition) is 1. The van der Waals surface area contributed by atoms with Crippen molar-refractivity contribution >= 4 is 29.1 Å². The van der Waals surface area contributed by atoms with Gasteiger partial charge >= 0.3 is 0 Å². The van der Waals surface area contributed by atoms with Gasteiger partial charge in [-0.25, -0.2) is 4.39 Å². The van der Waals surface area contributed by atoms with Gasteiger partial charge in [0.15, 0.2) is 0 Å². The predicted molar refractivity (Wildman–Crippen MR) is 68.3 cm³/mol. The van der Waals surface area contributed by atoms with Crippen LogP contribution in [0.3, 0.4) is 0 Å². The molecular weight excluding hydrogens is 264 g/mol. The van der Waals surface area contributed by atoms with Crippen LogP contribution in [0.1, 0.15) is 30.6 Å². The van der Waals surface area contributed by atoms with Crippen molar-refractivity contribution in [3.8, 4) is 0 Å². The molecule has 1 aromatic rings. The number of hydrogen-bond donors (Lipinski definition) is 1. The summed E-state index contributed by atoms with van der Waals surface area (Å²) in [6.07, 6.45) is 0.627. The average Bonchev–Trinajstić information content (AvgIpc) is 2.15. The molecule has 0 aromatic heterocycles. The number of carbonyl (C=O) groups is 1. The Balaban J connectivity index is 2.70. The summed E-state index contributed by atoms with van der Waals surface area (Å²) in [6, 6.07) is 3.86. The molecule has 1 rings (SSSR count). The van der Waals surface area contributed by atoms with E-state index < -0.39 is 11.7 Å². The van der Waals surface area contributed by atoms with Crippen LogP contribution in [0.15, 0.2) is 18.2 Å². The van der Waals surface area contributed by atoms with Gasteiger partial charge in [0, 0.05) is 16.4 Å². The van der Waals surface area contributed by atoms with Gasteiger partial charge in [-0.05, 0) is 38.5 Å². The number of carbonyl (C=O) groups excluding carboxylic acids is 1. The highest BCUT2D eigenvalue weighted by Gasteiger charge is 2.15. The normalized spacial score (nSPS) is 14.2. The van der Waals surface area contributed by atoms with Crippen LogP contribution in [0, 0.1) is 5.82 Å². The molecule has 0 saturated carbocycles. The van der Waals surface area contributed by atoms with Crippen LogP contribution in [0.5, 0.6) is 0 Å². The molecule has 0 fully saturated rings. The van der Waals surface area contributed by atoms with Crippen molar-refractivity contribution in [2.75, 3.05) is 0 Å². The van der Waals surface area contributed by atoms with Crippen molar-refractivity contribution in [3.05, 3.63) is 34.6 Å². The van der Waals surface area contributed by atoms with Gasteiger partial charge in [-0.3, -0.25) is 4.79 Å². The molecule has 1 aromatic carbocycles. The highest BCUT2D eigenvalue weighted by atomic mass is 35.5. The third kappa shape index (κ3) is 4.52. The second kappa shape index (κ2) is 6.22. The standard InChI is InChI=1S/C12H14Cl2FNO/c1-7(13)5-8(2)16-12(17)10-4-3-9(14)6-11(10)15/h3-4,6-8H,5H2,1-2H3,(H,16,17). The summed E-state index contributed by atoms with van der Waals surface area (Å²) in [7, 11) is 0. The van der Waals surface area contributed by atoms with E-state index in [0.717, 1.165) is 6.07 Å². The molecule has 0 saturated heterocycles. The summed E-state index contributed by atoms with van der Waals surface area (Å²) >= 11 is 11.4. The van der Waals surface area contributed by atoms with Gasteiger partial charge in [-0.1, -0.05) is 11.6 Å². The second-order valence-electron chi connectivity index (χ2n) is 4.02. The molecule has 0 heterocycles. The summed E-state index contributed by atoms with van der Waals surface area (Å²) in [4.78, 5) is 11.7. The lowest BCUT2D eigenvalue weighted by atomic mass is 10.1. The Morgan fingerprint density at radius 1 is 1.47 bits per heavy atom. The Hall–Kier alpha value is -0.800. The summed E-state index contributed by atoms with van der Waals surface area (Å²) in [6.45, 7) is 3.66. The summed E-state index contributed by atoms with van der Waals surface area (Å²) < 4.78 is 13.4. The Labute approximate surface area is 110 Å². The van der Waals surface area contributed by atoms with Crippen LogP contribution in [0.4, 0.5) is 4.39 Å². The molecule has 0 radical (unpaired) electrons. The van der Waals surface area contributed by atoms with Gasteiger partial charge < -0.3 is 5.32 Å². The minimum atomic E-state index is -0.624. The van der Waals surface area contributed by atoms with Crippen molar-refractivity contribution < 1.29 is 9.18 Å². The second-order valence-corrected chi connectivity index (χ2v) is 5.20. The molecule has 2 atom stereocenters. The Morgan fingerprint density at radius 3 is 2.65 bits per heavy atom. The largest absolute Gasteiger partial charge is 0.349 e. The van der Waals surface area contributed by atoms with Crippen LogP contribution >= 0.6 is 23.2 Å². The van der Waals surface area contributed by atoms with E-state index >= 15 is 0 Å². The first kappa shape index (κ1) is 14.3. The molecule has 0 aliphatic rings. The smallest absolute Gasteiger partial charge is 0.254 e. The van der Waals surface area contributed by atoms with Crippen molar-refractivity contribution in [2.24, 2.45) is 0 Å². The van der Waals surface area contributed by atoms with E-state index in [9.17, 15) is 9.18 Å². The fourth-order valence-corrected chi connectivity index (χ4v) is 1.95. The quantitative estimate of drug-likeness (QED) is 0.837. The summed E-state index contributed by atoms with van der Waals surface area (Å²) in [5, 5.41) is 2.91. The van der Waals surface area contributed by atoms with Crippen molar-refractivity contribution in [3.63, 3.8) is 0 Å². The highest BCUT2D eigenvalue weighted by molar-refractivity contribution is 6.30. The first-order chi connectivity index (χ1) is 7.90. The molecule has 2 unspecified atom stereocenters. The third-order valence-electron chi connectivity index (χ3n) is 2.23. The first-order valence-corrected chi connectivity index (χ1v) is 6.11. The SMILES string of the molecule is CC(Cl)CC(C)NC(=O)c1ccc(Cl)cc1F. The number of benzene rings is 1. The summed E-state index contributed by atoms with van der Waals surface area (Å²) in [5.74, 6) is -1.08. The molecule has 2 nitrogen and oxygen atoms in total. The van der Waals surface area contributed by atoms with E-state index in [0.29, 0.717) is 6.42 Å². The van der Waals surface area contributed by atoms with E-state index in [4.69, 9.17) is 23.2 Å². The van der Waals surface area contributed by atoms with Gasteiger partial charge in [0.25, 0.3) is 5.91 Å². The van der Waals surface area contributed by atoms with E-state index in [2.05, 4.69) is 5.32 Å². The van der Waals surface area contributed by atoms with Crippen molar-refractivity contribution in [2.45, 2.75) is 31.7 Å². The topological polar surface area (TPSA) is 29.1 Å². The van der Waals surface area contributed by atoms with Gasteiger partial charge in [0.1, 0.15) is 5.82 Å². The van der Waals surface area contributed by atoms with Crippen molar-refractivity contribution in [1.82, 2.24) is 5.32 Å². The van der Waals surface area contributed by atoms with E-state index in [-0.39, 0.29) is 22.0 Å². The predicted octanol–water partition coefficient (Wildman–Crippen LogP) is 3.61. The fraction of sp³-hybridized carbons (Fsp3) is 0.417. The molecule has 0 aliphatic heterocycles. The molecule has 1 N–H and O–H groups in total. The van der Waals surface area contributed by atoms with Gasteiger partial charge in [0.2, 0.25) is 0 Å². The van der Waals surface area contributed by atoms with Crippen LogP contribution < -0.4 is 5.32 Å². The number of rotatable bonds is 4. The maximum absolute atomic E-state index is 13.4. The van der Waals surface area contributed by atoms with Crippen LogP contribution in [0.2, 0.25) is 5.02 Å². The first-order valence-electron chi connectivity index (χ1n) is 5.30. The van der Waals surface area contributed by atoms with Gasteiger partial charge in [0.05, 0.1) is 5.56 Å². The maximum Gasteiger partial charge on any atom is 0.254 e. The lowest BCUT2D eigenvalue weighted by Gasteiger charge is -2.15. The lowest BCUT2D eigenvalue weighted by molar-refractivity contribution is 0.0934. The molecule has 17 heavy (non-hydrogen) atoms. The summed E-state index contributed by atoms with van der Waals surface area (Å²) in [5.41, 5.74) is -0.0107. The van der Waals surface area contributed by atoms with E-state index in [1.54, 1.807) is 0 Å². The van der Waals surface area contributed by atoms with Crippen molar-refractivity contribution in [1.29, 1.82) is 0 Å². The molecule has 94 valence electrons. The zero-order valence-corrected chi connectivity index (χ0v) is 11.1. The van der Waals surface area contributed by atoms with Gasteiger partial charge in [-0.15, -0.1) is 11.6 Å². The highest BCUT2D eigenvalue weighted by Crippen LogP contribution is 2.15. The lowest BCUT2D eigenvalue weighted by Crippen LogP contribution is -2.34. The molecule has 1 amide bonds. The minimum Gasteiger partial charge on any atom is -0.349 e. The number of nitrogens with one attached hydrogen (secondary N) is 1. The zero-order chi connectivity index (χ0) is 13.0. The monoisotopic (exact) mass is 277 g/mol.